The van der Waals surface area contributed by atoms with Crippen molar-refractivity contribution in [2.24, 2.45) is 0 Å². The number of carbonyl (C=O) groups is 1. The van der Waals surface area contributed by atoms with E-state index in [0.29, 0.717) is 13.2 Å². The molecule has 0 atom stereocenters. The smallest absolute Gasteiger partial charge is 0.246 e. The van der Waals surface area contributed by atoms with Crippen LogP contribution in [0.25, 0.3) is 10.2 Å². The minimum absolute atomic E-state index is 0.0592. The van der Waals surface area contributed by atoms with Crippen LogP contribution >= 0.6 is 11.3 Å². The number of thiazole rings is 1. The molecule has 0 aliphatic carbocycles. The molecule has 4 nitrogen and oxygen atoms in total. The third-order valence-corrected chi connectivity index (χ3v) is 4.78. The molecule has 1 N–H and O–H groups in total. The van der Waals surface area contributed by atoms with Crippen LogP contribution in [0.1, 0.15) is 16.1 Å². The summed E-state index contributed by atoms with van der Waals surface area (Å²) in [5, 5.41) is 3.78. The van der Waals surface area contributed by atoms with Crippen molar-refractivity contribution in [2.75, 3.05) is 13.2 Å². The Morgan fingerprint density at radius 3 is 2.79 bits per heavy atom. The number of carbonyl (C=O) groups excluding carboxylic acids is 1. The molecule has 0 fully saturated rings. The highest BCUT2D eigenvalue weighted by molar-refractivity contribution is 7.18. The van der Waals surface area contributed by atoms with Crippen molar-refractivity contribution in [1.82, 2.24) is 10.3 Å². The average Bonchev–Trinajstić information content (AvgIpc) is 2.99. The van der Waals surface area contributed by atoms with E-state index in [0.717, 1.165) is 21.6 Å². The molecule has 5 heteroatoms. The van der Waals surface area contributed by atoms with Gasteiger partial charge in [0.25, 0.3) is 0 Å². The van der Waals surface area contributed by atoms with Gasteiger partial charge in [0.05, 0.1) is 16.8 Å². The highest BCUT2D eigenvalue weighted by atomic mass is 32.1. The Bertz CT molecular complexity index is 796. The van der Waals surface area contributed by atoms with Crippen molar-refractivity contribution in [3.8, 4) is 0 Å². The van der Waals surface area contributed by atoms with Crippen LogP contribution in [0, 0.1) is 6.92 Å². The Hall–Kier alpha value is -2.24. The summed E-state index contributed by atoms with van der Waals surface area (Å²) in [7, 11) is 0. The number of aromatic nitrogens is 1. The monoisotopic (exact) mass is 340 g/mol. The molecule has 0 saturated heterocycles. The van der Waals surface area contributed by atoms with Crippen LogP contribution in [0.15, 0.2) is 48.5 Å². The van der Waals surface area contributed by atoms with Crippen LogP contribution in [0.4, 0.5) is 0 Å². The number of aryl methyl sites for hydroxylation is 1. The molecule has 1 heterocycles. The number of amides is 1. The third-order valence-electron chi connectivity index (χ3n) is 3.77. The first kappa shape index (κ1) is 16.6. The first-order valence-corrected chi connectivity index (χ1v) is 8.77. The predicted molar refractivity (Wildman–Crippen MR) is 97.2 cm³/mol. The van der Waals surface area contributed by atoms with Crippen LogP contribution < -0.4 is 5.32 Å². The second-order valence-electron chi connectivity index (χ2n) is 5.59. The van der Waals surface area contributed by atoms with E-state index in [9.17, 15) is 4.79 Å². The summed E-state index contributed by atoms with van der Waals surface area (Å²) in [5.41, 5.74) is 3.48. The average molecular weight is 340 g/mol. The lowest BCUT2D eigenvalue weighted by molar-refractivity contribution is -0.126. The molecular weight excluding hydrogens is 320 g/mol. The summed E-state index contributed by atoms with van der Waals surface area (Å²) in [4.78, 5) is 16.3. The van der Waals surface area contributed by atoms with Crippen LogP contribution in [0.2, 0.25) is 0 Å². The molecule has 2 aromatic carbocycles. The van der Waals surface area contributed by atoms with Crippen molar-refractivity contribution in [3.05, 3.63) is 64.7 Å². The van der Waals surface area contributed by atoms with E-state index in [1.165, 1.54) is 11.1 Å². The zero-order chi connectivity index (χ0) is 16.8. The van der Waals surface area contributed by atoms with Crippen LogP contribution in [0.3, 0.4) is 0 Å². The Balaban J connectivity index is 1.39. The zero-order valence-electron chi connectivity index (χ0n) is 13.6. The number of benzene rings is 2. The van der Waals surface area contributed by atoms with Gasteiger partial charge in [0.2, 0.25) is 5.91 Å². The van der Waals surface area contributed by atoms with E-state index in [1.54, 1.807) is 11.3 Å². The van der Waals surface area contributed by atoms with Gasteiger partial charge in [-0.15, -0.1) is 11.3 Å². The van der Waals surface area contributed by atoms with Crippen LogP contribution in [-0.4, -0.2) is 24.0 Å². The van der Waals surface area contributed by atoms with Gasteiger partial charge in [-0.2, -0.15) is 0 Å². The largest absolute Gasteiger partial charge is 0.364 e. The number of rotatable bonds is 7. The van der Waals surface area contributed by atoms with E-state index < -0.39 is 0 Å². The third kappa shape index (κ3) is 4.40. The first-order valence-electron chi connectivity index (χ1n) is 7.96. The molecule has 0 saturated carbocycles. The SMILES string of the molecule is Cc1ccccc1CCNC(=O)COCc1nc2ccccc2s1. The second kappa shape index (κ2) is 8.04. The second-order valence-corrected chi connectivity index (χ2v) is 6.71. The van der Waals surface area contributed by atoms with E-state index in [2.05, 4.69) is 29.4 Å². The number of nitrogens with one attached hydrogen (secondary N) is 1. The molecule has 0 bridgehead atoms. The van der Waals surface area contributed by atoms with Gasteiger partial charge in [0, 0.05) is 6.54 Å². The lowest BCUT2D eigenvalue weighted by Crippen LogP contribution is -2.29. The maximum Gasteiger partial charge on any atom is 0.246 e. The molecule has 1 aromatic heterocycles. The number of para-hydroxylation sites is 1. The lowest BCUT2D eigenvalue weighted by Gasteiger charge is -2.07. The Morgan fingerprint density at radius 2 is 1.96 bits per heavy atom. The van der Waals surface area contributed by atoms with Gasteiger partial charge in [-0.05, 0) is 36.6 Å². The quantitative estimate of drug-likeness (QED) is 0.716. The van der Waals surface area contributed by atoms with Crippen molar-refractivity contribution in [1.29, 1.82) is 0 Å². The van der Waals surface area contributed by atoms with Gasteiger partial charge in [0.1, 0.15) is 11.6 Å². The fourth-order valence-corrected chi connectivity index (χ4v) is 3.40. The number of fused-ring (bicyclic) bond motifs is 1. The van der Waals surface area contributed by atoms with Crippen LogP contribution in [-0.2, 0) is 22.6 Å². The molecule has 0 spiro atoms. The fourth-order valence-electron chi connectivity index (χ4n) is 2.49. The lowest BCUT2D eigenvalue weighted by atomic mass is 10.1. The molecule has 3 rings (SSSR count). The summed E-state index contributed by atoms with van der Waals surface area (Å²) in [5.74, 6) is -0.0929. The molecule has 24 heavy (non-hydrogen) atoms. The highest BCUT2D eigenvalue weighted by Gasteiger charge is 2.06. The Kier molecular flexibility index (Phi) is 5.56. The number of hydrogen-bond donors (Lipinski definition) is 1. The maximum absolute atomic E-state index is 11.8. The van der Waals surface area contributed by atoms with Crippen molar-refractivity contribution in [3.63, 3.8) is 0 Å². The normalized spacial score (nSPS) is 10.9. The zero-order valence-corrected chi connectivity index (χ0v) is 14.4. The summed E-state index contributed by atoms with van der Waals surface area (Å²) in [6, 6.07) is 16.2. The van der Waals surface area contributed by atoms with Gasteiger partial charge in [-0.3, -0.25) is 4.79 Å². The highest BCUT2D eigenvalue weighted by Crippen LogP contribution is 2.21. The molecule has 1 amide bonds. The molecule has 0 unspecified atom stereocenters. The fraction of sp³-hybridized carbons (Fsp3) is 0.263. The predicted octanol–water partition coefficient (Wildman–Crippen LogP) is 3.48. The summed E-state index contributed by atoms with van der Waals surface area (Å²) < 4.78 is 6.61. The van der Waals surface area contributed by atoms with E-state index in [4.69, 9.17) is 4.74 Å². The van der Waals surface area contributed by atoms with E-state index in [-0.39, 0.29) is 12.5 Å². The van der Waals surface area contributed by atoms with Crippen molar-refractivity contribution >= 4 is 27.5 Å². The molecule has 0 aliphatic rings. The van der Waals surface area contributed by atoms with E-state index in [1.807, 2.05) is 36.4 Å². The summed E-state index contributed by atoms with van der Waals surface area (Å²) in [6.07, 6.45) is 0.830. The summed E-state index contributed by atoms with van der Waals surface area (Å²) >= 11 is 1.60. The van der Waals surface area contributed by atoms with Crippen molar-refractivity contribution in [2.45, 2.75) is 20.0 Å². The molecular formula is C19H20N2O2S. The standard InChI is InChI=1S/C19H20N2O2S/c1-14-6-2-3-7-15(14)10-11-20-18(22)12-23-13-19-21-16-8-4-5-9-17(16)24-19/h2-9H,10-13H2,1H3,(H,20,22). The topological polar surface area (TPSA) is 51.2 Å². The molecule has 124 valence electrons. The Morgan fingerprint density at radius 1 is 1.17 bits per heavy atom. The Labute approximate surface area is 145 Å². The van der Waals surface area contributed by atoms with Crippen molar-refractivity contribution < 1.29 is 9.53 Å². The van der Waals surface area contributed by atoms with E-state index >= 15 is 0 Å². The van der Waals surface area contributed by atoms with Gasteiger partial charge >= 0.3 is 0 Å². The molecule has 0 radical (unpaired) electrons. The van der Waals surface area contributed by atoms with Gasteiger partial charge in [-0.25, -0.2) is 4.98 Å². The minimum atomic E-state index is -0.0929. The molecule has 3 aromatic rings. The number of ether oxygens (including phenoxy) is 1. The number of nitrogens with zero attached hydrogens (tertiary/aromatic N) is 1. The summed E-state index contributed by atoms with van der Waals surface area (Å²) in [6.45, 7) is 3.13. The molecule has 0 aliphatic heterocycles. The van der Waals surface area contributed by atoms with Gasteiger partial charge in [-0.1, -0.05) is 36.4 Å². The first-order chi connectivity index (χ1) is 11.7. The van der Waals surface area contributed by atoms with Gasteiger partial charge in [0.15, 0.2) is 0 Å². The van der Waals surface area contributed by atoms with Crippen LogP contribution in [0.5, 0.6) is 0 Å². The maximum atomic E-state index is 11.8. The van der Waals surface area contributed by atoms with Gasteiger partial charge < -0.3 is 10.1 Å². The number of hydrogen-bond acceptors (Lipinski definition) is 4. The minimum Gasteiger partial charge on any atom is -0.364 e.